The maximum atomic E-state index is 13.8. The topological polar surface area (TPSA) is 75.4 Å². The van der Waals surface area contributed by atoms with E-state index < -0.39 is 17.7 Å². The van der Waals surface area contributed by atoms with Gasteiger partial charge < -0.3 is 10.0 Å². The molecule has 1 saturated heterocycles. The number of carboxylic acids is 1. The number of carbonyl (C=O) groups excluding carboxylic acids is 1. The van der Waals surface area contributed by atoms with Crippen molar-refractivity contribution in [1.29, 1.82) is 0 Å². The lowest BCUT2D eigenvalue weighted by atomic mass is 9.99. The minimum absolute atomic E-state index is 0.106. The lowest BCUT2D eigenvalue weighted by Crippen LogP contribution is -2.30. The van der Waals surface area contributed by atoms with Gasteiger partial charge in [-0.2, -0.15) is 5.10 Å². The molecule has 1 amide bonds. The van der Waals surface area contributed by atoms with E-state index in [9.17, 15) is 14.0 Å². The minimum Gasteiger partial charge on any atom is -0.481 e. The fourth-order valence-electron chi connectivity index (χ4n) is 2.83. The van der Waals surface area contributed by atoms with E-state index in [1.807, 2.05) is 6.92 Å². The first-order chi connectivity index (χ1) is 11.0. The number of carboxylic acid groups (broad SMARTS) is 1. The van der Waals surface area contributed by atoms with Gasteiger partial charge in [0.1, 0.15) is 11.5 Å². The van der Waals surface area contributed by atoms with Crippen LogP contribution in [0, 0.1) is 17.7 Å². The van der Waals surface area contributed by atoms with Crippen LogP contribution in [0.5, 0.6) is 0 Å². The van der Waals surface area contributed by atoms with Crippen LogP contribution in [0.15, 0.2) is 36.5 Å². The Bertz CT molecular complexity index is 759. The molecule has 1 N–H and O–H groups in total. The van der Waals surface area contributed by atoms with Crippen LogP contribution >= 0.6 is 0 Å². The highest BCUT2D eigenvalue weighted by atomic mass is 19.1. The van der Waals surface area contributed by atoms with Gasteiger partial charge in [0.25, 0.3) is 5.91 Å². The van der Waals surface area contributed by atoms with Gasteiger partial charge in [0, 0.05) is 19.3 Å². The maximum absolute atomic E-state index is 13.8. The Labute approximate surface area is 132 Å². The summed E-state index contributed by atoms with van der Waals surface area (Å²) in [6.45, 7) is 2.36. The summed E-state index contributed by atoms with van der Waals surface area (Å²) < 4.78 is 15.1. The Hall–Kier alpha value is -2.70. The zero-order chi connectivity index (χ0) is 16.6. The van der Waals surface area contributed by atoms with Crippen LogP contribution in [0.3, 0.4) is 0 Å². The molecule has 0 aliphatic carbocycles. The average molecular weight is 317 g/mol. The van der Waals surface area contributed by atoms with Crippen LogP contribution in [0.1, 0.15) is 17.4 Å². The number of para-hydroxylation sites is 1. The normalized spacial score (nSPS) is 20.7. The van der Waals surface area contributed by atoms with Crippen molar-refractivity contribution >= 4 is 11.9 Å². The molecule has 2 atom stereocenters. The van der Waals surface area contributed by atoms with Crippen molar-refractivity contribution in [2.75, 3.05) is 13.1 Å². The van der Waals surface area contributed by atoms with Gasteiger partial charge in [-0.1, -0.05) is 19.1 Å². The first kappa shape index (κ1) is 15.2. The second kappa shape index (κ2) is 5.83. The number of aliphatic carboxylic acids is 1. The highest BCUT2D eigenvalue weighted by molar-refractivity contribution is 5.93. The van der Waals surface area contributed by atoms with Crippen molar-refractivity contribution in [3.8, 4) is 5.69 Å². The quantitative estimate of drug-likeness (QED) is 0.936. The van der Waals surface area contributed by atoms with Gasteiger partial charge >= 0.3 is 5.97 Å². The highest BCUT2D eigenvalue weighted by Crippen LogP contribution is 2.24. The number of aromatic nitrogens is 2. The summed E-state index contributed by atoms with van der Waals surface area (Å²) >= 11 is 0. The van der Waals surface area contributed by atoms with E-state index in [1.165, 1.54) is 27.9 Å². The molecular weight excluding hydrogens is 301 g/mol. The third kappa shape index (κ3) is 2.81. The average Bonchev–Trinajstić information content (AvgIpc) is 3.14. The highest BCUT2D eigenvalue weighted by Gasteiger charge is 2.37. The number of carbonyl (C=O) groups is 2. The molecule has 0 spiro atoms. The second-order valence-corrected chi connectivity index (χ2v) is 5.73. The smallest absolute Gasteiger partial charge is 0.308 e. The first-order valence-corrected chi connectivity index (χ1v) is 7.30. The first-order valence-electron chi connectivity index (χ1n) is 7.30. The number of nitrogens with zero attached hydrogens (tertiary/aromatic N) is 3. The van der Waals surface area contributed by atoms with Gasteiger partial charge in [-0.15, -0.1) is 0 Å². The van der Waals surface area contributed by atoms with Gasteiger partial charge in [-0.05, 0) is 24.1 Å². The van der Waals surface area contributed by atoms with Crippen molar-refractivity contribution in [1.82, 2.24) is 14.7 Å². The Kier molecular flexibility index (Phi) is 3.85. The van der Waals surface area contributed by atoms with Crippen LogP contribution in [0.25, 0.3) is 5.69 Å². The van der Waals surface area contributed by atoms with E-state index in [2.05, 4.69) is 5.10 Å². The summed E-state index contributed by atoms with van der Waals surface area (Å²) in [4.78, 5) is 25.1. The molecule has 120 valence electrons. The van der Waals surface area contributed by atoms with Crippen LogP contribution in [-0.2, 0) is 4.79 Å². The largest absolute Gasteiger partial charge is 0.481 e. The number of amides is 1. The molecule has 0 bridgehead atoms. The summed E-state index contributed by atoms with van der Waals surface area (Å²) in [5, 5.41) is 13.3. The number of halogens is 1. The van der Waals surface area contributed by atoms with E-state index in [-0.39, 0.29) is 29.8 Å². The fraction of sp³-hybridized carbons (Fsp3) is 0.312. The molecule has 2 heterocycles. The summed E-state index contributed by atoms with van der Waals surface area (Å²) in [7, 11) is 0. The van der Waals surface area contributed by atoms with E-state index >= 15 is 0 Å². The molecule has 0 unspecified atom stereocenters. The Balaban J connectivity index is 1.80. The molecule has 1 aliphatic heterocycles. The van der Waals surface area contributed by atoms with Gasteiger partial charge in [-0.3, -0.25) is 9.59 Å². The molecule has 1 aliphatic rings. The zero-order valence-electron chi connectivity index (χ0n) is 12.5. The summed E-state index contributed by atoms with van der Waals surface area (Å²) in [6.07, 6.45) is 1.51. The fourth-order valence-corrected chi connectivity index (χ4v) is 2.83. The lowest BCUT2D eigenvalue weighted by Gasteiger charge is -2.14. The Morgan fingerprint density at radius 2 is 2.00 bits per heavy atom. The van der Waals surface area contributed by atoms with Crippen molar-refractivity contribution in [3.05, 3.63) is 48.0 Å². The number of likely N-dealkylation sites (tertiary alicyclic amines) is 1. The van der Waals surface area contributed by atoms with E-state index in [4.69, 9.17) is 5.11 Å². The SMILES string of the molecule is C[C@@H]1CN(C(=O)c2ccn(-c3ccccc3F)n2)C[C@H]1C(=O)O. The molecule has 23 heavy (non-hydrogen) atoms. The van der Waals surface area contributed by atoms with E-state index in [1.54, 1.807) is 18.2 Å². The van der Waals surface area contributed by atoms with Gasteiger partial charge in [0.15, 0.2) is 5.69 Å². The van der Waals surface area contributed by atoms with Crippen molar-refractivity contribution in [3.63, 3.8) is 0 Å². The predicted molar refractivity (Wildman–Crippen MR) is 79.7 cm³/mol. The summed E-state index contributed by atoms with van der Waals surface area (Å²) in [5.74, 6) is -2.34. The molecule has 1 aromatic carbocycles. The molecule has 2 aromatic rings. The molecule has 6 nitrogen and oxygen atoms in total. The molecule has 0 radical (unpaired) electrons. The third-order valence-electron chi connectivity index (χ3n) is 4.12. The predicted octanol–water partition coefficient (Wildman–Crippen LogP) is 1.80. The van der Waals surface area contributed by atoms with Crippen molar-refractivity contribution in [2.24, 2.45) is 11.8 Å². The minimum atomic E-state index is -0.898. The van der Waals surface area contributed by atoms with Gasteiger partial charge in [0.2, 0.25) is 0 Å². The third-order valence-corrected chi connectivity index (χ3v) is 4.12. The molecule has 1 fully saturated rings. The summed E-state index contributed by atoms with van der Waals surface area (Å²) in [6, 6.07) is 7.65. The standard InChI is InChI=1S/C16H16FN3O3/c1-10-8-19(9-11(10)16(22)23)15(21)13-6-7-20(18-13)14-5-3-2-4-12(14)17/h2-7,10-11H,8-9H2,1H3,(H,22,23)/t10-,11-/m1/s1. The summed E-state index contributed by atoms with van der Waals surface area (Å²) in [5.41, 5.74) is 0.427. The molecule has 0 saturated carbocycles. The number of rotatable bonds is 3. The van der Waals surface area contributed by atoms with Crippen LogP contribution < -0.4 is 0 Å². The van der Waals surface area contributed by atoms with Crippen LogP contribution in [0.4, 0.5) is 4.39 Å². The van der Waals surface area contributed by atoms with Gasteiger partial charge in [-0.25, -0.2) is 9.07 Å². The monoisotopic (exact) mass is 317 g/mol. The van der Waals surface area contributed by atoms with E-state index in [0.717, 1.165) is 0 Å². The Morgan fingerprint density at radius 3 is 2.65 bits per heavy atom. The van der Waals surface area contributed by atoms with Crippen molar-refractivity contribution < 1.29 is 19.1 Å². The number of benzene rings is 1. The zero-order valence-corrected chi connectivity index (χ0v) is 12.5. The van der Waals surface area contributed by atoms with Crippen LogP contribution in [0.2, 0.25) is 0 Å². The second-order valence-electron chi connectivity index (χ2n) is 5.73. The maximum Gasteiger partial charge on any atom is 0.308 e. The number of hydrogen-bond acceptors (Lipinski definition) is 3. The number of hydrogen-bond donors (Lipinski definition) is 1. The molecule has 1 aromatic heterocycles. The van der Waals surface area contributed by atoms with Crippen LogP contribution in [-0.4, -0.2) is 44.8 Å². The molecule has 7 heteroatoms. The Morgan fingerprint density at radius 1 is 1.26 bits per heavy atom. The molecular formula is C16H16FN3O3. The van der Waals surface area contributed by atoms with Gasteiger partial charge in [0.05, 0.1) is 5.92 Å². The molecule has 3 rings (SSSR count). The van der Waals surface area contributed by atoms with Crippen molar-refractivity contribution in [2.45, 2.75) is 6.92 Å². The van der Waals surface area contributed by atoms with E-state index in [0.29, 0.717) is 6.54 Å². The lowest BCUT2D eigenvalue weighted by molar-refractivity contribution is -0.142.